The maximum absolute atomic E-state index is 13.1. The van der Waals surface area contributed by atoms with Gasteiger partial charge in [-0.1, -0.05) is 30.3 Å². The topological polar surface area (TPSA) is 119 Å². The third-order valence-corrected chi connectivity index (χ3v) is 5.22. The van der Waals surface area contributed by atoms with E-state index < -0.39 is 11.8 Å². The number of rotatable bonds is 7. The molecule has 1 aliphatic carbocycles. The summed E-state index contributed by atoms with van der Waals surface area (Å²) in [4.78, 5) is 36.5. The van der Waals surface area contributed by atoms with E-state index in [1.807, 2.05) is 35.0 Å². The van der Waals surface area contributed by atoms with Crippen molar-refractivity contribution < 1.29 is 14.4 Å². The first-order valence-corrected chi connectivity index (χ1v) is 10.2. The van der Waals surface area contributed by atoms with Gasteiger partial charge in [0.15, 0.2) is 5.69 Å². The number of anilines is 1. The van der Waals surface area contributed by atoms with Crippen LogP contribution in [0.15, 0.2) is 54.6 Å². The second-order valence-electron chi connectivity index (χ2n) is 7.35. The normalized spacial score (nSPS) is 12.3. The molecule has 0 fully saturated rings. The summed E-state index contributed by atoms with van der Waals surface area (Å²) in [5, 5.41) is 10.1. The maximum atomic E-state index is 13.1. The Morgan fingerprint density at radius 2 is 1.71 bits per heavy atom. The number of para-hydroxylation sites is 2. The van der Waals surface area contributed by atoms with E-state index >= 15 is 0 Å². The lowest BCUT2D eigenvalue weighted by atomic mass is 10.1. The van der Waals surface area contributed by atoms with E-state index in [9.17, 15) is 14.4 Å². The van der Waals surface area contributed by atoms with E-state index in [1.165, 1.54) is 0 Å². The van der Waals surface area contributed by atoms with E-state index in [1.54, 1.807) is 24.3 Å². The number of nitrogens with two attached hydrogens (primary N) is 1. The minimum atomic E-state index is -0.496. The van der Waals surface area contributed by atoms with Gasteiger partial charge in [0.1, 0.15) is 0 Å². The molecule has 158 valence electrons. The van der Waals surface area contributed by atoms with Crippen molar-refractivity contribution in [3.63, 3.8) is 0 Å². The summed E-state index contributed by atoms with van der Waals surface area (Å²) in [6.07, 6.45) is 2.67. The number of primary amides is 1. The van der Waals surface area contributed by atoms with Gasteiger partial charge in [0.2, 0.25) is 5.91 Å². The van der Waals surface area contributed by atoms with Gasteiger partial charge >= 0.3 is 0 Å². The van der Waals surface area contributed by atoms with Crippen LogP contribution in [0, 0.1) is 0 Å². The van der Waals surface area contributed by atoms with Crippen molar-refractivity contribution in [2.75, 3.05) is 11.9 Å². The Hall–Kier alpha value is -3.94. The van der Waals surface area contributed by atoms with Crippen LogP contribution in [-0.2, 0) is 17.6 Å². The number of hydrogen-bond acceptors (Lipinski definition) is 4. The summed E-state index contributed by atoms with van der Waals surface area (Å²) in [7, 11) is 0. The number of aromatic nitrogens is 2. The number of amides is 3. The van der Waals surface area contributed by atoms with Crippen molar-refractivity contribution in [1.82, 2.24) is 15.1 Å². The van der Waals surface area contributed by atoms with Crippen molar-refractivity contribution in [2.24, 2.45) is 5.73 Å². The standard InChI is InChI=1S/C23H23N5O3/c24-20(29)13-14-25-22(30)16-9-4-5-11-18(16)26-23(31)21-17-10-6-12-19(17)28(27-21)15-7-2-1-3-8-15/h1-5,7-9,11H,6,10,12-14H2,(H2,24,29)(H,25,30)(H,26,31). The smallest absolute Gasteiger partial charge is 0.276 e. The van der Waals surface area contributed by atoms with Gasteiger partial charge in [0, 0.05) is 24.2 Å². The highest BCUT2D eigenvalue weighted by Gasteiger charge is 2.27. The third kappa shape index (κ3) is 4.32. The molecule has 0 atom stereocenters. The summed E-state index contributed by atoms with van der Waals surface area (Å²) in [5.74, 6) is -1.24. The van der Waals surface area contributed by atoms with Crippen LogP contribution in [-0.4, -0.2) is 34.0 Å². The Morgan fingerprint density at radius 3 is 2.48 bits per heavy atom. The molecule has 1 aliphatic rings. The van der Waals surface area contributed by atoms with Gasteiger partial charge in [-0.25, -0.2) is 4.68 Å². The molecular formula is C23H23N5O3. The zero-order valence-electron chi connectivity index (χ0n) is 16.9. The van der Waals surface area contributed by atoms with Crippen LogP contribution in [0.5, 0.6) is 0 Å². The molecule has 3 amide bonds. The number of hydrogen-bond donors (Lipinski definition) is 3. The lowest BCUT2D eigenvalue weighted by molar-refractivity contribution is -0.117. The van der Waals surface area contributed by atoms with Gasteiger partial charge in [0.25, 0.3) is 11.8 Å². The van der Waals surface area contributed by atoms with Gasteiger partial charge in [-0.3, -0.25) is 14.4 Å². The van der Waals surface area contributed by atoms with E-state index in [0.717, 1.165) is 36.2 Å². The molecule has 0 saturated heterocycles. The van der Waals surface area contributed by atoms with Crippen molar-refractivity contribution in [3.8, 4) is 5.69 Å². The van der Waals surface area contributed by atoms with E-state index in [0.29, 0.717) is 16.9 Å². The lowest BCUT2D eigenvalue weighted by Crippen LogP contribution is -2.29. The molecule has 31 heavy (non-hydrogen) atoms. The highest BCUT2D eigenvalue weighted by Crippen LogP contribution is 2.28. The Labute approximate surface area is 179 Å². The number of benzene rings is 2. The lowest BCUT2D eigenvalue weighted by Gasteiger charge is -2.11. The zero-order valence-corrected chi connectivity index (χ0v) is 16.9. The molecule has 4 rings (SSSR count). The fourth-order valence-electron chi connectivity index (χ4n) is 3.77. The summed E-state index contributed by atoms with van der Waals surface area (Å²) in [6.45, 7) is 0.130. The fourth-order valence-corrected chi connectivity index (χ4v) is 3.77. The second-order valence-corrected chi connectivity index (χ2v) is 7.35. The first-order valence-electron chi connectivity index (χ1n) is 10.2. The van der Waals surface area contributed by atoms with Crippen LogP contribution in [0.2, 0.25) is 0 Å². The van der Waals surface area contributed by atoms with Crippen LogP contribution in [0.25, 0.3) is 5.69 Å². The summed E-state index contributed by atoms with van der Waals surface area (Å²) >= 11 is 0. The Balaban J connectivity index is 1.58. The van der Waals surface area contributed by atoms with Gasteiger partial charge < -0.3 is 16.4 Å². The van der Waals surface area contributed by atoms with E-state index in [2.05, 4.69) is 15.7 Å². The Kier molecular flexibility index (Phi) is 5.79. The van der Waals surface area contributed by atoms with Crippen molar-refractivity contribution in [2.45, 2.75) is 25.7 Å². The molecule has 0 spiro atoms. The molecule has 4 N–H and O–H groups in total. The molecule has 2 aromatic carbocycles. The number of fused-ring (bicyclic) bond motifs is 1. The number of nitrogens with zero attached hydrogens (tertiary/aromatic N) is 2. The van der Waals surface area contributed by atoms with Gasteiger partial charge in [-0.2, -0.15) is 5.10 Å². The van der Waals surface area contributed by atoms with Crippen LogP contribution >= 0.6 is 0 Å². The minimum absolute atomic E-state index is 0.0450. The molecule has 0 radical (unpaired) electrons. The molecule has 0 unspecified atom stereocenters. The number of carbonyl (C=O) groups excluding carboxylic acids is 3. The summed E-state index contributed by atoms with van der Waals surface area (Å²) < 4.78 is 1.83. The zero-order chi connectivity index (χ0) is 21.8. The van der Waals surface area contributed by atoms with E-state index in [4.69, 9.17) is 5.73 Å². The van der Waals surface area contributed by atoms with Crippen LogP contribution in [0.1, 0.15) is 44.9 Å². The highest BCUT2D eigenvalue weighted by molar-refractivity contribution is 6.09. The molecule has 8 heteroatoms. The van der Waals surface area contributed by atoms with Crippen molar-refractivity contribution >= 4 is 23.4 Å². The highest BCUT2D eigenvalue weighted by atomic mass is 16.2. The predicted molar refractivity (Wildman–Crippen MR) is 116 cm³/mol. The molecule has 1 heterocycles. The number of nitrogens with one attached hydrogen (secondary N) is 2. The van der Waals surface area contributed by atoms with Crippen LogP contribution in [0.4, 0.5) is 5.69 Å². The molecule has 8 nitrogen and oxygen atoms in total. The average Bonchev–Trinajstić information content (AvgIpc) is 3.37. The molecule has 1 aromatic heterocycles. The Morgan fingerprint density at radius 1 is 0.968 bits per heavy atom. The summed E-state index contributed by atoms with van der Waals surface area (Å²) in [5.41, 5.74) is 9.08. The fraction of sp³-hybridized carbons (Fsp3) is 0.217. The largest absolute Gasteiger partial charge is 0.370 e. The van der Waals surface area contributed by atoms with Gasteiger partial charge in [-0.15, -0.1) is 0 Å². The monoisotopic (exact) mass is 417 g/mol. The predicted octanol–water partition coefficient (Wildman–Crippen LogP) is 2.22. The quantitative estimate of drug-likeness (QED) is 0.546. The van der Waals surface area contributed by atoms with Crippen molar-refractivity contribution in [3.05, 3.63) is 77.1 Å². The maximum Gasteiger partial charge on any atom is 0.276 e. The van der Waals surface area contributed by atoms with Crippen molar-refractivity contribution in [1.29, 1.82) is 0 Å². The first-order chi connectivity index (χ1) is 15.0. The molecule has 0 bridgehead atoms. The summed E-state index contributed by atoms with van der Waals surface area (Å²) in [6, 6.07) is 16.4. The Bertz CT molecular complexity index is 1140. The molecule has 0 aliphatic heterocycles. The third-order valence-electron chi connectivity index (χ3n) is 5.22. The second kappa shape index (κ2) is 8.83. The molecule has 3 aromatic rings. The molecule has 0 saturated carbocycles. The van der Waals surface area contributed by atoms with Gasteiger partial charge in [0.05, 0.1) is 16.9 Å². The van der Waals surface area contributed by atoms with Crippen LogP contribution < -0.4 is 16.4 Å². The first kappa shape index (κ1) is 20.3. The van der Waals surface area contributed by atoms with Gasteiger partial charge in [-0.05, 0) is 43.5 Å². The van der Waals surface area contributed by atoms with E-state index in [-0.39, 0.29) is 18.9 Å². The number of carbonyl (C=O) groups is 3. The molecular weight excluding hydrogens is 394 g/mol. The SMILES string of the molecule is NC(=O)CCNC(=O)c1ccccc1NC(=O)c1nn(-c2ccccc2)c2c1CCC2. The average molecular weight is 417 g/mol. The van der Waals surface area contributed by atoms with Crippen LogP contribution in [0.3, 0.4) is 0 Å². The minimum Gasteiger partial charge on any atom is -0.370 e.